The van der Waals surface area contributed by atoms with Crippen molar-refractivity contribution in [3.63, 3.8) is 0 Å². The van der Waals surface area contributed by atoms with Gasteiger partial charge < -0.3 is 14.5 Å². The lowest BCUT2D eigenvalue weighted by atomic mass is 10.0. The van der Waals surface area contributed by atoms with Crippen molar-refractivity contribution < 1.29 is 14.1 Å². The van der Waals surface area contributed by atoms with E-state index in [9.17, 15) is 0 Å². The van der Waals surface area contributed by atoms with Gasteiger partial charge in [-0.2, -0.15) is 0 Å². The number of ether oxygens (including phenoxy) is 2. The van der Waals surface area contributed by atoms with Crippen molar-refractivity contribution in [2.24, 2.45) is 0 Å². The van der Waals surface area contributed by atoms with Crippen molar-refractivity contribution in [3.8, 4) is 11.5 Å². The molecule has 19 rings (SSSR count). The van der Waals surface area contributed by atoms with Gasteiger partial charge in [-0.15, -0.1) is 0 Å². The van der Waals surface area contributed by atoms with Crippen LogP contribution >= 0.6 is 0 Å². The number of nitrogens with one attached hydrogen (secondary N) is 1. The predicted octanol–water partition coefficient (Wildman–Crippen LogP) is 6.66. The lowest BCUT2D eigenvalue weighted by Gasteiger charge is -2.11. The quantitative estimate of drug-likeness (QED) is 0.230. The minimum atomic E-state index is 0.749. The third kappa shape index (κ3) is 4.20. The lowest BCUT2D eigenvalue weighted by Crippen LogP contribution is -2.10. The molecule has 49 heavy (non-hydrogen) atoms. The summed E-state index contributed by atoms with van der Waals surface area (Å²) in [5.41, 5.74) is 4.81. The van der Waals surface area contributed by atoms with Crippen LogP contribution in [0.5, 0.6) is 11.5 Å². The fourth-order valence-corrected chi connectivity index (χ4v) is 7.64. The molecule has 2 aromatic heterocycles. The second-order valence-corrected chi connectivity index (χ2v) is 12.7. The maximum absolute atomic E-state index is 6.10. The Hall–Kier alpha value is -6.40. The highest BCUT2D eigenvalue weighted by Crippen LogP contribution is 2.36. The summed E-state index contributed by atoms with van der Waals surface area (Å²) in [4.78, 5) is 3.66. The van der Waals surface area contributed by atoms with E-state index in [1.165, 1.54) is 10.8 Å². The van der Waals surface area contributed by atoms with Gasteiger partial charge in [-0.25, -0.2) is 4.63 Å². The summed E-state index contributed by atoms with van der Waals surface area (Å²) < 4.78 is 17.5. The molecule has 11 aliphatic rings. The molecule has 0 saturated heterocycles. The number of aromatic nitrogens is 3. The Morgan fingerprint density at radius 3 is 1.53 bits per heavy atom. The Morgan fingerprint density at radius 2 is 1.02 bits per heavy atom. The molecule has 6 heteroatoms. The van der Waals surface area contributed by atoms with Crippen LogP contribution in [-0.4, -0.2) is 29.5 Å². The molecule has 1 N–H and O–H groups in total. The Labute approximate surface area is 278 Å². The fourth-order valence-electron chi connectivity index (χ4n) is 7.64. The standard InChI is InChI=1S/C43H29N3O3/c1-47-42-35-21-32-22-36(35)43(48-2)41-37(42)23-38(44-41)31-17-11-27(12-18-31)26-9-15-30(16-10-26)34-20-19-33(39-40(34)46-49-45-39)29-13-7-25(8-14-29)24-3-5-28(32)6-4-24/h3-20,22-23,44H,21H2,1-2H3. The van der Waals surface area contributed by atoms with E-state index in [4.69, 9.17) is 14.1 Å². The average molecular weight is 636 g/mol. The van der Waals surface area contributed by atoms with Crippen molar-refractivity contribution in [2.45, 2.75) is 6.42 Å². The van der Waals surface area contributed by atoms with Crippen molar-refractivity contribution >= 4 is 33.6 Å². The van der Waals surface area contributed by atoms with Crippen molar-refractivity contribution in [1.82, 2.24) is 15.3 Å². The molecule has 0 fully saturated rings. The second kappa shape index (κ2) is 10.6. The molecule has 10 heterocycles. The zero-order valence-electron chi connectivity index (χ0n) is 26.9. The van der Waals surface area contributed by atoms with E-state index >= 15 is 0 Å². The van der Waals surface area contributed by atoms with E-state index in [0.29, 0.717) is 0 Å². The maximum atomic E-state index is 6.10. The van der Waals surface area contributed by atoms with Gasteiger partial charge in [-0.05, 0) is 69.8 Å². The van der Waals surface area contributed by atoms with Gasteiger partial charge in [-0.1, -0.05) is 109 Å². The van der Waals surface area contributed by atoms with Crippen LogP contribution in [0.25, 0.3) is 33.6 Å². The van der Waals surface area contributed by atoms with Crippen molar-refractivity contribution in [2.75, 3.05) is 14.2 Å². The molecule has 16 bridgehead atoms. The Balaban J connectivity index is 1.34. The summed E-state index contributed by atoms with van der Waals surface area (Å²) in [7, 11) is 3.50. The number of hydrogen-bond donors (Lipinski definition) is 1. The monoisotopic (exact) mass is 635 g/mol. The predicted molar refractivity (Wildman–Crippen MR) is 188 cm³/mol. The molecule has 3 aliphatic carbocycles. The Bertz CT molecular complexity index is 3260. The van der Waals surface area contributed by atoms with Gasteiger partial charge in [0.15, 0.2) is 5.75 Å². The van der Waals surface area contributed by atoms with Crippen LogP contribution in [0.3, 0.4) is 0 Å². The zero-order valence-corrected chi connectivity index (χ0v) is 26.9. The number of H-pyrrole nitrogens is 1. The topological polar surface area (TPSA) is 73.2 Å². The van der Waals surface area contributed by atoms with Crippen molar-refractivity contribution in [1.29, 1.82) is 0 Å². The van der Waals surface area contributed by atoms with E-state index in [2.05, 4.69) is 137 Å². The minimum absolute atomic E-state index is 0.749. The molecular formula is C43H29N3O3. The fraction of sp³-hybridized carbons (Fsp3) is 0.0698. The molecule has 0 unspecified atom stereocenters. The Morgan fingerprint density at radius 1 is 0.551 bits per heavy atom. The van der Waals surface area contributed by atoms with E-state index < -0.39 is 0 Å². The molecule has 6 nitrogen and oxygen atoms in total. The largest absolute Gasteiger partial charge is 0.496 e. The van der Waals surface area contributed by atoms with Crippen LogP contribution in [0, 0.1) is 52.3 Å². The summed E-state index contributed by atoms with van der Waals surface area (Å²) in [6.45, 7) is 0. The first-order chi connectivity index (χ1) is 24.2. The van der Waals surface area contributed by atoms with Crippen LogP contribution in [-0.2, 0) is 6.42 Å². The highest BCUT2D eigenvalue weighted by Gasteiger charge is 2.23. The summed E-state index contributed by atoms with van der Waals surface area (Å²) in [5.74, 6) is 1.72. The maximum Gasteiger partial charge on any atom is 0.150 e. The minimum Gasteiger partial charge on any atom is -0.496 e. The molecule has 6 aromatic carbocycles. The van der Waals surface area contributed by atoms with Crippen LogP contribution in [0.1, 0.15) is 5.56 Å². The Kier molecular flexibility index (Phi) is 5.96. The van der Waals surface area contributed by atoms with Gasteiger partial charge in [0.2, 0.25) is 0 Å². The molecule has 8 aromatic rings. The third-order valence-corrected chi connectivity index (χ3v) is 10.2. The van der Waals surface area contributed by atoms with E-state index in [-0.39, 0.29) is 0 Å². The van der Waals surface area contributed by atoms with Gasteiger partial charge in [0.25, 0.3) is 0 Å². The first-order valence-electron chi connectivity index (χ1n) is 16.3. The molecule has 0 radical (unpaired) electrons. The lowest BCUT2D eigenvalue weighted by molar-refractivity contribution is 0.315. The molecule has 8 aliphatic heterocycles. The number of nitrogens with zero attached hydrogens (tertiary/aromatic N) is 2. The van der Waals surface area contributed by atoms with Crippen LogP contribution in [0.15, 0.2) is 120 Å². The third-order valence-electron chi connectivity index (χ3n) is 10.2. The van der Waals surface area contributed by atoms with Crippen LogP contribution in [0.4, 0.5) is 0 Å². The molecule has 0 spiro atoms. The highest BCUT2D eigenvalue weighted by atomic mass is 16.6. The number of hydrogen-bond acceptors (Lipinski definition) is 5. The highest BCUT2D eigenvalue weighted by molar-refractivity contribution is 5.97. The summed E-state index contributed by atoms with van der Waals surface area (Å²) in [5, 5.41) is 22.7. The van der Waals surface area contributed by atoms with E-state index in [0.717, 1.165) is 103 Å². The van der Waals surface area contributed by atoms with E-state index in [1.54, 1.807) is 14.2 Å². The van der Waals surface area contributed by atoms with Gasteiger partial charge in [0.1, 0.15) is 16.8 Å². The smallest absolute Gasteiger partial charge is 0.150 e. The summed E-state index contributed by atoms with van der Waals surface area (Å²) in [6, 6.07) is 41.0. The van der Waals surface area contributed by atoms with Gasteiger partial charge in [-0.3, -0.25) is 0 Å². The first-order valence-corrected chi connectivity index (χ1v) is 16.3. The number of aromatic amines is 1. The summed E-state index contributed by atoms with van der Waals surface area (Å²) >= 11 is 0. The first kappa shape index (κ1) is 27.7. The normalized spacial score (nSPS) is 12.7. The van der Waals surface area contributed by atoms with Crippen LogP contribution in [0.2, 0.25) is 0 Å². The van der Waals surface area contributed by atoms with Crippen LogP contribution < -0.4 is 19.9 Å². The van der Waals surface area contributed by atoms with Crippen molar-refractivity contribution in [3.05, 3.63) is 184 Å². The number of rotatable bonds is 2. The summed E-state index contributed by atoms with van der Waals surface area (Å²) in [6.07, 6.45) is 3.01. The number of benzene rings is 6. The second-order valence-electron chi connectivity index (χ2n) is 12.7. The van der Waals surface area contributed by atoms with Gasteiger partial charge in [0, 0.05) is 38.4 Å². The molecular weight excluding hydrogens is 606 g/mol. The average Bonchev–Trinajstić information content (AvgIpc) is 3.93. The molecule has 0 amide bonds. The number of methoxy groups -OCH3 is 2. The van der Waals surface area contributed by atoms with Gasteiger partial charge in [0.05, 0.1) is 19.7 Å². The SMILES string of the molecule is COc1c2c3c(OC)c4[nH]c(cc14)=c1ccc(cc1)=c1ccc(cc1)=c1ccc(c4nonc14)=c1ccc(cc1)=c1ccc(cc1)=C(C=3)C2. The molecule has 0 saturated carbocycles. The van der Waals surface area contributed by atoms with E-state index in [1.807, 2.05) is 0 Å². The molecule has 234 valence electrons. The van der Waals surface area contributed by atoms with Gasteiger partial charge >= 0.3 is 0 Å². The zero-order chi connectivity index (χ0) is 32.6. The molecule has 0 atom stereocenters.